The number of aromatic nitrogens is 5. The molecule has 0 fully saturated rings. The smallest absolute Gasteiger partial charge is 0.278 e. The predicted octanol–water partition coefficient (Wildman–Crippen LogP) is 5.07. The molecular formula is C24H21ClN6O2S. The van der Waals surface area contributed by atoms with Crippen molar-refractivity contribution in [3.05, 3.63) is 88.0 Å². The Morgan fingerprint density at radius 1 is 1.00 bits per heavy atom. The van der Waals surface area contributed by atoms with Gasteiger partial charge in [0.1, 0.15) is 0 Å². The maximum atomic E-state index is 13.1. The molecule has 1 N–H and O–H groups in total. The van der Waals surface area contributed by atoms with Gasteiger partial charge in [0.25, 0.3) is 5.91 Å². The average Bonchev–Trinajstić information content (AvgIpc) is 3.22. The van der Waals surface area contributed by atoms with Gasteiger partial charge < -0.3 is 5.32 Å². The van der Waals surface area contributed by atoms with Gasteiger partial charge in [0.05, 0.1) is 11.4 Å². The average molecular weight is 493 g/mol. The Morgan fingerprint density at radius 2 is 1.65 bits per heavy atom. The fraction of sp³-hybridized carbons (Fsp3) is 0.167. The van der Waals surface area contributed by atoms with E-state index in [1.807, 2.05) is 19.9 Å². The fourth-order valence-electron chi connectivity index (χ4n) is 3.27. The number of carbonyl (C=O) groups excluding carboxylic acids is 2. The van der Waals surface area contributed by atoms with Gasteiger partial charge in [0.15, 0.2) is 16.6 Å². The van der Waals surface area contributed by atoms with E-state index in [1.165, 1.54) is 18.7 Å². The first-order chi connectivity index (χ1) is 16.3. The minimum Gasteiger partial charge on any atom is -0.321 e. The number of hydrogen-bond acceptors (Lipinski definition) is 7. The molecule has 1 amide bonds. The summed E-state index contributed by atoms with van der Waals surface area (Å²) in [5.41, 5.74) is 4.34. The second-order valence-corrected chi connectivity index (χ2v) is 8.96. The number of rotatable bonds is 7. The molecule has 0 saturated heterocycles. The van der Waals surface area contributed by atoms with Crippen LogP contribution in [0.2, 0.25) is 5.02 Å². The van der Waals surface area contributed by atoms with Crippen molar-refractivity contribution in [2.24, 2.45) is 0 Å². The number of carbonyl (C=O) groups is 2. The Kier molecular flexibility index (Phi) is 7.04. The second kappa shape index (κ2) is 10.1. The van der Waals surface area contributed by atoms with Crippen molar-refractivity contribution in [3.63, 3.8) is 0 Å². The van der Waals surface area contributed by atoms with Gasteiger partial charge in [-0.3, -0.25) is 9.59 Å². The molecule has 8 nitrogen and oxygen atoms in total. The first kappa shape index (κ1) is 23.6. The van der Waals surface area contributed by atoms with Crippen LogP contribution in [0.1, 0.15) is 44.9 Å². The van der Waals surface area contributed by atoms with Gasteiger partial charge >= 0.3 is 0 Å². The number of hydrogen-bond donors (Lipinski definition) is 1. The first-order valence-corrected chi connectivity index (χ1v) is 11.7. The number of Topliss-reactive ketones (excluding diaryl/α,β-unsaturated/α-hetero) is 1. The quantitative estimate of drug-likeness (QED) is 0.218. The van der Waals surface area contributed by atoms with E-state index >= 15 is 0 Å². The number of ketones is 1. The molecule has 172 valence electrons. The number of halogens is 1. The van der Waals surface area contributed by atoms with Crippen molar-refractivity contribution in [1.29, 1.82) is 0 Å². The highest BCUT2D eigenvalue weighted by Gasteiger charge is 2.22. The van der Waals surface area contributed by atoms with Gasteiger partial charge in [0, 0.05) is 33.4 Å². The van der Waals surface area contributed by atoms with Gasteiger partial charge in [-0.1, -0.05) is 28.6 Å². The lowest BCUT2D eigenvalue weighted by molar-refractivity contribution is 0.101. The van der Waals surface area contributed by atoms with Crippen molar-refractivity contribution in [2.75, 3.05) is 5.32 Å². The van der Waals surface area contributed by atoms with Crippen LogP contribution in [-0.2, 0) is 5.75 Å². The summed E-state index contributed by atoms with van der Waals surface area (Å²) in [5, 5.41) is 12.4. The standard InChI is InChI=1S/C24H21ClN6O2S/c1-14-12-15(2)27-24(26-14)34-13-21-22(29-30-31(21)20-10-6-18(25)7-11-20)23(33)28-19-8-4-17(5-9-19)16(3)32/h4-12H,13H2,1-3H3,(H,28,33). The van der Waals surface area contributed by atoms with E-state index in [2.05, 4.69) is 25.6 Å². The van der Waals surface area contributed by atoms with Crippen LogP contribution < -0.4 is 5.32 Å². The van der Waals surface area contributed by atoms with E-state index in [1.54, 1.807) is 53.2 Å². The number of benzene rings is 2. The largest absolute Gasteiger partial charge is 0.321 e. The lowest BCUT2D eigenvalue weighted by atomic mass is 10.1. The van der Waals surface area contributed by atoms with Crippen LogP contribution in [0, 0.1) is 13.8 Å². The summed E-state index contributed by atoms with van der Waals surface area (Å²) in [6.45, 7) is 5.31. The van der Waals surface area contributed by atoms with Crippen LogP contribution >= 0.6 is 23.4 Å². The molecule has 4 rings (SSSR count). The van der Waals surface area contributed by atoms with Gasteiger partial charge in [0.2, 0.25) is 0 Å². The number of amides is 1. The third kappa shape index (κ3) is 5.49. The van der Waals surface area contributed by atoms with E-state index in [-0.39, 0.29) is 11.5 Å². The topological polar surface area (TPSA) is 103 Å². The van der Waals surface area contributed by atoms with Crippen molar-refractivity contribution < 1.29 is 9.59 Å². The molecule has 10 heteroatoms. The Morgan fingerprint density at radius 3 is 2.26 bits per heavy atom. The monoisotopic (exact) mass is 492 g/mol. The van der Waals surface area contributed by atoms with Crippen LogP contribution in [0.5, 0.6) is 0 Å². The SMILES string of the molecule is CC(=O)c1ccc(NC(=O)c2nnn(-c3ccc(Cl)cc3)c2CSc2nc(C)cc(C)n2)cc1. The molecule has 0 bridgehead atoms. The molecule has 0 radical (unpaired) electrons. The maximum absolute atomic E-state index is 13.1. The molecule has 0 aliphatic rings. The number of anilines is 1. The van der Waals surface area contributed by atoms with Crippen LogP contribution in [-0.4, -0.2) is 36.7 Å². The Hall–Kier alpha value is -3.56. The molecule has 0 unspecified atom stereocenters. The van der Waals surface area contributed by atoms with E-state index in [0.717, 1.165) is 17.1 Å². The zero-order valence-corrected chi connectivity index (χ0v) is 20.3. The zero-order valence-electron chi connectivity index (χ0n) is 18.7. The van der Waals surface area contributed by atoms with E-state index in [4.69, 9.17) is 11.6 Å². The van der Waals surface area contributed by atoms with Gasteiger partial charge in [-0.25, -0.2) is 14.6 Å². The molecular weight excluding hydrogens is 472 g/mol. The summed E-state index contributed by atoms with van der Waals surface area (Å²) >= 11 is 7.43. The van der Waals surface area contributed by atoms with E-state index in [9.17, 15) is 9.59 Å². The highest BCUT2D eigenvalue weighted by molar-refractivity contribution is 7.98. The van der Waals surface area contributed by atoms with Crippen LogP contribution in [0.25, 0.3) is 5.69 Å². The number of thioether (sulfide) groups is 1. The molecule has 2 aromatic carbocycles. The molecule has 0 aliphatic heterocycles. The molecule has 0 spiro atoms. The third-order valence-electron chi connectivity index (χ3n) is 4.90. The van der Waals surface area contributed by atoms with Gasteiger partial charge in [-0.15, -0.1) is 5.10 Å². The molecule has 0 atom stereocenters. The zero-order chi connectivity index (χ0) is 24.2. The lowest BCUT2D eigenvalue weighted by Gasteiger charge is -2.09. The highest BCUT2D eigenvalue weighted by Crippen LogP contribution is 2.25. The third-order valence-corrected chi connectivity index (χ3v) is 6.01. The number of nitrogens with zero attached hydrogens (tertiary/aromatic N) is 5. The van der Waals surface area contributed by atoms with Crippen molar-refractivity contribution in [1.82, 2.24) is 25.0 Å². The van der Waals surface area contributed by atoms with E-state index in [0.29, 0.717) is 32.9 Å². The van der Waals surface area contributed by atoms with Crippen molar-refractivity contribution in [2.45, 2.75) is 31.7 Å². The van der Waals surface area contributed by atoms with Gasteiger partial charge in [-0.05, 0) is 75.4 Å². The summed E-state index contributed by atoms with van der Waals surface area (Å²) in [5.74, 6) is -0.0886. The summed E-state index contributed by atoms with van der Waals surface area (Å²) in [4.78, 5) is 33.6. The lowest BCUT2D eigenvalue weighted by Crippen LogP contribution is -2.15. The van der Waals surface area contributed by atoms with E-state index < -0.39 is 5.91 Å². The Bertz CT molecular complexity index is 1330. The first-order valence-electron chi connectivity index (χ1n) is 10.4. The summed E-state index contributed by atoms with van der Waals surface area (Å²) < 4.78 is 1.61. The minimum absolute atomic E-state index is 0.0447. The number of aryl methyl sites for hydroxylation is 2. The summed E-state index contributed by atoms with van der Waals surface area (Å²) in [7, 11) is 0. The number of nitrogens with one attached hydrogen (secondary N) is 1. The fourth-order valence-corrected chi connectivity index (χ4v) is 4.33. The molecule has 4 aromatic rings. The van der Waals surface area contributed by atoms with Crippen LogP contribution in [0.15, 0.2) is 59.8 Å². The van der Waals surface area contributed by atoms with Crippen molar-refractivity contribution in [3.8, 4) is 5.69 Å². The molecule has 34 heavy (non-hydrogen) atoms. The van der Waals surface area contributed by atoms with Gasteiger partial charge in [-0.2, -0.15) is 0 Å². The summed E-state index contributed by atoms with van der Waals surface area (Å²) in [6.07, 6.45) is 0. The maximum Gasteiger partial charge on any atom is 0.278 e. The molecule has 0 saturated carbocycles. The summed E-state index contributed by atoms with van der Waals surface area (Å²) in [6, 6.07) is 15.7. The highest BCUT2D eigenvalue weighted by atomic mass is 35.5. The van der Waals surface area contributed by atoms with Crippen LogP contribution in [0.4, 0.5) is 5.69 Å². The Balaban J connectivity index is 1.64. The molecule has 2 aromatic heterocycles. The minimum atomic E-state index is -0.410. The van der Waals surface area contributed by atoms with Crippen LogP contribution in [0.3, 0.4) is 0 Å². The molecule has 2 heterocycles. The Labute approximate surface area is 205 Å². The predicted molar refractivity (Wildman–Crippen MR) is 132 cm³/mol. The normalized spacial score (nSPS) is 10.8. The molecule has 0 aliphatic carbocycles. The van der Waals surface area contributed by atoms with Crippen molar-refractivity contribution >= 4 is 40.7 Å². The second-order valence-electron chi connectivity index (χ2n) is 7.58.